The van der Waals surface area contributed by atoms with Crippen molar-refractivity contribution in [2.24, 2.45) is 5.90 Å². The monoisotopic (exact) mass is 315 g/mol. The molecule has 0 atom stereocenters. The molecule has 0 radical (unpaired) electrons. The summed E-state index contributed by atoms with van der Waals surface area (Å²) in [6.45, 7) is 0. The van der Waals surface area contributed by atoms with E-state index in [4.69, 9.17) is 15.1 Å². The molecule has 1 heterocycles. The van der Waals surface area contributed by atoms with Crippen LogP contribution in [0.5, 0.6) is 23.0 Å². The number of hydrogen-bond donors (Lipinski definition) is 3. The third-order valence-corrected chi connectivity index (χ3v) is 3.38. The van der Waals surface area contributed by atoms with Gasteiger partial charge in [0.15, 0.2) is 22.7 Å². The van der Waals surface area contributed by atoms with Crippen LogP contribution in [0.3, 0.4) is 0 Å². The number of nitrogens with two attached hydrogens (primary N) is 1. The predicted octanol–water partition coefficient (Wildman–Crippen LogP) is 2.13. The smallest absolute Gasteiger partial charge is 0.197 e. The molecule has 1 aromatic heterocycles. The van der Waals surface area contributed by atoms with Gasteiger partial charge >= 0.3 is 0 Å². The van der Waals surface area contributed by atoms with Gasteiger partial charge in [0.2, 0.25) is 0 Å². The molecule has 23 heavy (non-hydrogen) atoms. The Morgan fingerprint density at radius 2 is 1.87 bits per heavy atom. The highest BCUT2D eigenvalue weighted by Gasteiger charge is 2.14. The molecule has 7 heteroatoms. The Bertz CT molecular complexity index is 947. The van der Waals surface area contributed by atoms with E-state index in [0.717, 1.165) is 0 Å². The van der Waals surface area contributed by atoms with Gasteiger partial charge < -0.3 is 24.2 Å². The molecule has 0 bridgehead atoms. The molecule has 4 N–H and O–H groups in total. The zero-order valence-corrected chi connectivity index (χ0v) is 12.1. The van der Waals surface area contributed by atoms with Gasteiger partial charge in [0.1, 0.15) is 22.5 Å². The van der Waals surface area contributed by atoms with Crippen LogP contribution in [0, 0.1) is 0 Å². The summed E-state index contributed by atoms with van der Waals surface area (Å²) in [5, 5.41) is 19.6. The maximum absolute atomic E-state index is 12.2. The number of fused-ring (bicyclic) bond motifs is 1. The summed E-state index contributed by atoms with van der Waals surface area (Å²) >= 11 is 0. The summed E-state index contributed by atoms with van der Waals surface area (Å²) in [6.07, 6.45) is 0. The first-order chi connectivity index (χ1) is 11.0. The fraction of sp³-hybridized carbons (Fsp3) is 0.0625. The summed E-state index contributed by atoms with van der Waals surface area (Å²) in [4.78, 5) is 16.8. The van der Waals surface area contributed by atoms with Crippen molar-refractivity contribution in [1.82, 2.24) is 0 Å². The van der Waals surface area contributed by atoms with Gasteiger partial charge in [0, 0.05) is 23.8 Å². The molecule has 0 aliphatic rings. The second-order valence-corrected chi connectivity index (χ2v) is 4.79. The first kappa shape index (κ1) is 14.7. The van der Waals surface area contributed by atoms with Crippen molar-refractivity contribution < 1.29 is 24.2 Å². The van der Waals surface area contributed by atoms with Gasteiger partial charge in [0.25, 0.3) is 0 Å². The van der Waals surface area contributed by atoms with Gasteiger partial charge in [-0.1, -0.05) is 0 Å². The number of ether oxygens (including phenoxy) is 1. The first-order valence-corrected chi connectivity index (χ1v) is 6.58. The molecule has 0 amide bonds. The largest absolute Gasteiger partial charge is 0.507 e. The van der Waals surface area contributed by atoms with E-state index in [-0.39, 0.29) is 39.7 Å². The first-order valence-electron chi connectivity index (χ1n) is 6.58. The zero-order valence-electron chi connectivity index (χ0n) is 12.1. The Morgan fingerprint density at radius 1 is 1.09 bits per heavy atom. The molecular weight excluding hydrogens is 302 g/mol. The topological polar surface area (TPSA) is 115 Å². The number of benzene rings is 2. The fourth-order valence-electron chi connectivity index (χ4n) is 2.28. The SMILES string of the molecule is COc1cc(-c2cc(=O)c3c(O)cc(ON)cc3o2)ccc1O. The van der Waals surface area contributed by atoms with Gasteiger partial charge in [-0.05, 0) is 18.2 Å². The number of phenols is 2. The average Bonchev–Trinajstić information content (AvgIpc) is 2.54. The van der Waals surface area contributed by atoms with Crippen LogP contribution in [0.4, 0.5) is 0 Å². The second kappa shape index (κ2) is 5.54. The minimum atomic E-state index is -0.422. The van der Waals surface area contributed by atoms with E-state index in [1.54, 1.807) is 6.07 Å². The lowest BCUT2D eigenvalue weighted by Crippen LogP contribution is -2.04. The summed E-state index contributed by atoms with van der Waals surface area (Å²) < 4.78 is 10.7. The van der Waals surface area contributed by atoms with E-state index in [9.17, 15) is 15.0 Å². The molecule has 0 fully saturated rings. The van der Waals surface area contributed by atoms with Crippen LogP contribution < -0.4 is 20.9 Å². The minimum Gasteiger partial charge on any atom is -0.507 e. The van der Waals surface area contributed by atoms with Crippen molar-refractivity contribution in [1.29, 1.82) is 0 Å². The number of hydrogen-bond acceptors (Lipinski definition) is 7. The van der Waals surface area contributed by atoms with Gasteiger partial charge in [-0.2, -0.15) is 5.90 Å². The maximum Gasteiger partial charge on any atom is 0.197 e. The van der Waals surface area contributed by atoms with E-state index in [2.05, 4.69) is 4.84 Å². The predicted molar refractivity (Wildman–Crippen MR) is 82.6 cm³/mol. The van der Waals surface area contributed by atoms with Crippen LogP contribution in [-0.4, -0.2) is 17.3 Å². The average molecular weight is 315 g/mol. The Kier molecular flexibility index (Phi) is 3.55. The summed E-state index contributed by atoms with van der Waals surface area (Å²) in [5.74, 6) is 5.40. The van der Waals surface area contributed by atoms with Gasteiger partial charge in [0.05, 0.1) is 7.11 Å². The molecular formula is C16H13NO6. The Morgan fingerprint density at radius 3 is 2.57 bits per heavy atom. The minimum absolute atomic E-state index is 0.0280. The highest BCUT2D eigenvalue weighted by molar-refractivity contribution is 5.86. The van der Waals surface area contributed by atoms with Crippen molar-refractivity contribution >= 4 is 11.0 Å². The van der Waals surface area contributed by atoms with Crippen molar-refractivity contribution in [2.45, 2.75) is 0 Å². The van der Waals surface area contributed by atoms with Crippen LogP contribution >= 0.6 is 0 Å². The molecule has 0 saturated carbocycles. The molecule has 7 nitrogen and oxygen atoms in total. The molecule has 118 valence electrons. The summed E-state index contributed by atoms with van der Waals surface area (Å²) in [6, 6.07) is 8.40. The third-order valence-electron chi connectivity index (χ3n) is 3.38. The molecule has 0 aliphatic heterocycles. The standard InChI is InChI=1S/C16H13NO6/c1-21-14-4-8(2-3-10(14)18)13-7-12(20)16-11(19)5-9(23-17)6-15(16)22-13/h2-7,18-19H,17H2,1H3. The maximum atomic E-state index is 12.2. The van der Waals surface area contributed by atoms with Crippen LogP contribution in [0.25, 0.3) is 22.3 Å². The van der Waals surface area contributed by atoms with Crippen molar-refractivity contribution in [3.63, 3.8) is 0 Å². The summed E-state index contributed by atoms with van der Waals surface area (Å²) in [5.41, 5.74) is 0.228. The molecule has 3 rings (SSSR count). The quantitative estimate of drug-likeness (QED) is 0.634. The highest BCUT2D eigenvalue weighted by atomic mass is 16.6. The Hall–Kier alpha value is -3.19. The lowest BCUT2D eigenvalue weighted by atomic mass is 10.1. The van der Waals surface area contributed by atoms with Crippen molar-refractivity contribution in [2.75, 3.05) is 7.11 Å². The van der Waals surface area contributed by atoms with Gasteiger partial charge in [-0.15, -0.1) is 0 Å². The number of methoxy groups -OCH3 is 1. The lowest BCUT2D eigenvalue weighted by molar-refractivity contribution is 0.332. The third kappa shape index (κ3) is 2.53. The zero-order chi connectivity index (χ0) is 16.6. The molecule has 0 spiro atoms. The van der Waals surface area contributed by atoms with Crippen molar-refractivity contribution in [3.8, 4) is 34.3 Å². The van der Waals surface area contributed by atoms with E-state index in [1.807, 2.05) is 0 Å². The number of phenolic OH excluding ortho intramolecular Hbond substituents is 2. The van der Waals surface area contributed by atoms with Gasteiger partial charge in [-0.3, -0.25) is 4.79 Å². The molecule has 2 aromatic carbocycles. The van der Waals surface area contributed by atoms with Crippen LogP contribution in [0.1, 0.15) is 0 Å². The van der Waals surface area contributed by atoms with Crippen LogP contribution in [-0.2, 0) is 0 Å². The normalized spacial score (nSPS) is 10.7. The van der Waals surface area contributed by atoms with E-state index in [1.165, 1.54) is 37.4 Å². The lowest BCUT2D eigenvalue weighted by Gasteiger charge is -2.08. The van der Waals surface area contributed by atoms with E-state index in [0.29, 0.717) is 5.56 Å². The van der Waals surface area contributed by atoms with E-state index >= 15 is 0 Å². The Balaban J connectivity index is 2.25. The van der Waals surface area contributed by atoms with E-state index < -0.39 is 5.43 Å². The molecule has 0 unspecified atom stereocenters. The second-order valence-electron chi connectivity index (χ2n) is 4.79. The molecule has 3 aromatic rings. The van der Waals surface area contributed by atoms with Crippen LogP contribution in [0.2, 0.25) is 0 Å². The molecule has 0 aliphatic carbocycles. The Labute approximate surface area is 130 Å². The number of aromatic hydroxyl groups is 2. The fourth-order valence-corrected chi connectivity index (χ4v) is 2.28. The van der Waals surface area contributed by atoms with Crippen molar-refractivity contribution in [3.05, 3.63) is 46.6 Å². The molecule has 0 saturated heterocycles. The van der Waals surface area contributed by atoms with Crippen LogP contribution in [0.15, 0.2) is 45.6 Å². The summed E-state index contributed by atoms with van der Waals surface area (Å²) in [7, 11) is 1.41. The van der Waals surface area contributed by atoms with Gasteiger partial charge in [-0.25, -0.2) is 0 Å². The number of rotatable bonds is 3. The highest BCUT2D eigenvalue weighted by Crippen LogP contribution is 2.34.